The van der Waals surface area contributed by atoms with Gasteiger partial charge in [-0.2, -0.15) is 0 Å². The number of nitrogens with two attached hydrogens (primary N) is 1. The first-order chi connectivity index (χ1) is 8.13. The Morgan fingerprint density at radius 2 is 2.47 bits per heavy atom. The van der Waals surface area contributed by atoms with Crippen molar-refractivity contribution in [1.29, 1.82) is 0 Å². The molecule has 0 aromatic carbocycles. The van der Waals surface area contributed by atoms with E-state index in [-0.39, 0.29) is 11.7 Å². The van der Waals surface area contributed by atoms with E-state index in [9.17, 15) is 9.59 Å². The monoisotopic (exact) mass is 258 g/mol. The van der Waals surface area contributed by atoms with E-state index in [4.69, 9.17) is 5.73 Å². The van der Waals surface area contributed by atoms with Crippen molar-refractivity contribution in [3.05, 3.63) is 10.5 Å². The second-order valence-electron chi connectivity index (χ2n) is 3.85. The highest BCUT2D eigenvalue weighted by Crippen LogP contribution is 2.35. The highest BCUT2D eigenvalue weighted by atomic mass is 32.2. The van der Waals surface area contributed by atoms with Crippen LogP contribution in [0.25, 0.3) is 0 Å². The Labute approximate surface area is 102 Å². The van der Waals surface area contributed by atoms with Crippen molar-refractivity contribution >= 4 is 17.7 Å². The van der Waals surface area contributed by atoms with Gasteiger partial charge in [-0.25, -0.2) is 9.89 Å². The molecule has 1 fully saturated rings. The predicted molar refractivity (Wildman–Crippen MR) is 61.8 cm³/mol. The number of hydrogen-bond donors (Lipinski definition) is 2. The normalized spacial score (nSPS) is 16.8. The van der Waals surface area contributed by atoms with Crippen LogP contribution in [0.1, 0.15) is 18.9 Å². The number of aromatic nitrogens is 3. The third-order valence-corrected chi connectivity index (χ3v) is 3.55. The number of rotatable bonds is 5. The van der Waals surface area contributed by atoms with Crippen molar-refractivity contribution in [1.82, 2.24) is 14.8 Å². The lowest BCUT2D eigenvalue weighted by Crippen LogP contribution is -2.34. The van der Waals surface area contributed by atoms with E-state index in [0.717, 1.165) is 12.8 Å². The summed E-state index contributed by atoms with van der Waals surface area (Å²) >= 11 is 1.28. The van der Waals surface area contributed by atoms with E-state index in [1.807, 2.05) is 0 Å². The Morgan fingerprint density at radius 3 is 3.06 bits per heavy atom. The van der Waals surface area contributed by atoms with Gasteiger partial charge in [-0.3, -0.25) is 9.36 Å². The molecule has 1 heterocycles. The van der Waals surface area contributed by atoms with Gasteiger partial charge >= 0.3 is 11.7 Å². The summed E-state index contributed by atoms with van der Waals surface area (Å²) in [5.41, 5.74) is 5.40. The quantitative estimate of drug-likeness (QED) is 0.545. The molecular formula is C9H14N4O3S. The van der Waals surface area contributed by atoms with Gasteiger partial charge in [0.2, 0.25) is 0 Å². The summed E-state index contributed by atoms with van der Waals surface area (Å²) in [6.07, 6.45) is 1.99. The van der Waals surface area contributed by atoms with Crippen molar-refractivity contribution in [3.63, 3.8) is 0 Å². The van der Waals surface area contributed by atoms with Gasteiger partial charge in [0, 0.05) is 11.8 Å². The fraction of sp³-hybridized carbons (Fsp3) is 0.667. The Morgan fingerprint density at radius 1 is 1.76 bits per heavy atom. The van der Waals surface area contributed by atoms with E-state index < -0.39 is 12.0 Å². The van der Waals surface area contributed by atoms with Gasteiger partial charge in [-0.15, -0.1) is 5.10 Å². The van der Waals surface area contributed by atoms with Crippen molar-refractivity contribution < 1.29 is 9.53 Å². The molecule has 17 heavy (non-hydrogen) atoms. The number of nitrogens with one attached hydrogen (secondary N) is 1. The summed E-state index contributed by atoms with van der Waals surface area (Å²) < 4.78 is 6.14. The third kappa shape index (κ3) is 2.70. The van der Waals surface area contributed by atoms with Crippen molar-refractivity contribution in [2.75, 3.05) is 12.9 Å². The molecule has 94 valence electrons. The summed E-state index contributed by atoms with van der Waals surface area (Å²) in [6.45, 7) is 0. The molecule has 3 N–H and O–H groups in total. The lowest BCUT2D eigenvalue weighted by Gasteiger charge is -2.08. The average molecular weight is 258 g/mol. The second kappa shape index (κ2) is 4.92. The molecule has 1 aromatic rings. The minimum Gasteiger partial charge on any atom is -0.468 e. The first-order valence-electron chi connectivity index (χ1n) is 5.26. The lowest BCUT2D eigenvalue weighted by molar-refractivity contribution is -0.141. The molecule has 0 amide bonds. The molecule has 1 aliphatic carbocycles. The zero-order valence-electron chi connectivity index (χ0n) is 9.38. The minimum absolute atomic E-state index is 0.207. The van der Waals surface area contributed by atoms with Crippen LogP contribution in [0.5, 0.6) is 0 Å². The number of ether oxygens (including phenoxy) is 1. The molecule has 2 rings (SSSR count). The first kappa shape index (κ1) is 12.2. The van der Waals surface area contributed by atoms with Gasteiger partial charge in [0.25, 0.3) is 0 Å². The molecular weight excluding hydrogens is 244 g/mol. The summed E-state index contributed by atoms with van der Waals surface area (Å²) in [5.74, 6) is -0.127. The van der Waals surface area contributed by atoms with Gasteiger partial charge in [0.15, 0.2) is 5.16 Å². The summed E-state index contributed by atoms with van der Waals surface area (Å²) in [6, 6.07) is -0.456. The zero-order chi connectivity index (χ0) is 12.4. The summed E-state index contributed by atoms with van der Waals surface area (Å²) in [7, 11) is 1.29. The maximum atomic E-state index is 11.5. The number of aromatic amines is 1. The third-order valence-electron chi connectivity index (χ3n) is 2.48. The molecule has 0 aliphatic heterocycles. The SMILES string of the molecule is COC(=O)C(N)CSc1n[nH]c(=O)n1C1CC1. The number of carbonyl (C=O) groups is 1. The molecule has 1 aliphatic rings. The number of hydrogen-bond acceptors (Lipinski definition) is 6. The molecule has 1 atom stereocenters. The molecule has 7 nitrogen and oxygen atoms in total. The standard InChI is InChI=1S/C9H14N4O3S/c1-16-7(14)6(10)4-17-9-12-11-8(15)13(9)5-2-3-5/h5-6H,2-4,10H2,1H3,(H,11,15). The van der Waals surface area contributed by atoms with Gasteiger partial charge in [0.1, 0.15) is 6.04 Å². The van der Waals surface area contributed by atoms with Crippen LogP contribution in [0, 0.1) is 0 Å². The van der Waals surface area contributed by atoms with Crippen LogP contribution < -0.4 is 11.4 Å². The Hall–Kier alpha value is -1.28. The second-order valence-corrected chi connectivity index (χ2v) is 4.84. The van der Waals surface area contributed by atoms with E-state index in [1.54, 1.807) is 4.57 Å². The van der Waals surface area contributed by atoms with Crippen LogP contribution in [0.15, 0.2) is 9.95 Å². The number of nitrogens with zero attached hydrogens (tertiary/aromatic N) is 2. The molecule has 1 aromatic heterocycles. The average Bonchev–Trinajstić information content (AvgIpc) is 3.09. The molecule has 1 unspecified atom stereocenters. The van der Waals surface area contributed by atoms with Crippen LogP contribution in [-0.4, -0.2) is 39.6 Å². The Balaban J connectivity index is 1.99. The summed E-state index contributed by atoms with van der Waals surface area (Å²) in [5, 5.41) is 6.90. The fourth-order valence-corrected chi connectivity index (χ4v) is 2.38. The highest BCUT2D eigenvalue weighted by Gasteiger charge is 2.29. The maximum Gasteiger partial charge on any atom is 0.344 e. The first-order valence-corrected chi connectivity index (χ1v) is 6.25. The topological polar surface area (TPSA) is 103 Å². The molecule has 0 radical (unpaired) electrons. The largest absolute Gasteiger partial charge is 0.468 e. The molecule has 0 spiro atoms. The highest BCUT2D eigenvalue weighted by molar-refractivity contribution is 7.99. The van der Waals surface area contributed by atoms with Gasteiger partial charge in [-0.05, 0) is 12.8 Å². The smallest absolute Gasteiger partial charge is 0.344 e. The van der Waals surface area contributed by atoms with Crippen LogP contribution in [0.3, 0.4) is 0 Å². The van der Waals surface area contributed by atoms with Gasteiger partial charge < -0.3 is 10.5 Å². The Bertz CT molecular complexity index is 465. The Kier molecular flexibility index (Phi) is 3.53. The molecule has 0 saturated heterocycles. The van der Waals surface area contributed by atoms with Crippen molar-refractivity contribution in [3.8, 4) is 0 Å². The van der Waals surface area contributed by atoms with E-state index >= 15 is 0 Å². The number of H-pyrrole nitrogens is 1. The molecule has 1 saturated carbocycles. The van der Waals surface area contributed by atoms with Crippen LogP contribution >= 0.6 is 11.8 Å². The van der Waals surface area contributed by atoms with E-state index in [0.29, 0.717) is 10.9 Å². The number of esters is 1. The van der Waals surface area contributed by atoms with Crippen LogP contribution in [0.4, 0.5) is 0 Å². The number of methoxy groups -OCH3 is 1. The van der Waals surface area contributed by atoms with Crippen molar-refractivity contribution in [2.24, 2.45) is 5.73 Å². The van der Waals surface area contributed by atoms with Gasteiger partial charge in [-0.1, -0.05) is 11.8 Å². The predicted octanol–water partition coefficient (Wildman–Crippen LogP) is -0.501. The van der Waals surface area contributed by atoms with Crippen LogP contribution in [0.2, 0.25) is 0 Å². The fourth-order valence-electron chi connectivity index (χ4n) is 1.43. The lowest BCUT2D eigenvalue weighted by atomic mass is 10.4. The van der Waals surface area contributed by atoms with Crippen molar-refractivity contribution in [2.45, 2.75) is 30.1 Å². The van der Waals surface area contributed by atoms with Crippen LogP contribution in [-0.2, 0) is 9.53 Å². The summed E-state index contributed by atoms with van der Waals surface area (Å²) in [4.78, 5) is 22.6. The minimum atomic E-state index is -0.704. The zero-order valence-corrected chi connectivity index (χ0v) is 10.2. The van der Waals surface area contributed by atoms with Gasteiger partial charge in [0.05, 0.1) is 7.11 Å². The van der Waals surface area contributed by atoms with E-state index in [2.05, 4.69) is 14.9 Å². The molecule has 0 bridgehead atoms. The number of carbonyl (C=O) groups excluding carboxylic acids is 1. The molecule has 8 heteroatoms. The van der Waals surface area contributed by atoms with E-state index in [1.165, 1.54) is 18.9 Å². The number of thioether (sulfide) groups is 1. The maximum absolute atomic E-state index is 11.5.